The number of para-hydroxylation sites is 1. The van der Waals surface area contributed by atoms with Crippen LogP contribution in [0.5, 0.6) is 0 Å². The fourth-order valence-electron chi connectivity index (χ4n) is 4.09. The minimum atomic E-state index is -0.450. The standard InChI is InChI=1S/C25H23FN4O5/c26-19-11-16(20-13-18(15-31)35-28-20)5-6-21(19)29-7-9-30(10-8-29)24(32)14-27-25(33)23-12-17-3-1-2-4-22(17)34-23/h1-6,11-13,31H,7-10,14-15H2,(H,27,33). The summed E-state index contributed by atoms with van der Waals surface area (Å²) in [7, 11) is 0. The van der Waals surface area contributed by atoms with Gasteiger partial charge in [-0.25, -0.2) is 4.39 Å². The van der Waals surface area contributed by atoms with Gasteiger partial charge in [-0.05, 0) is 24.3 Å². The minimum absolute atomic E-state index is 0.146. The minimum Gasteiger partial charge on any atom is -0.451 e. The first-order valence-corrected chi connectivity index (χ1v) is 11.2. The molecule has 5 rings (SSSR count). The molecule has 0 spiro atoms. The third kappa shape index (κ3) is 4.73. The number of halogens is 1. The van der Waals surface area contributed by atoms with Gasteiger partial charge in [0, 0.05) is 43.2 Å². The molecule has 2 aromatic heterocycles. The number of furan rings is 1. The normalized spacial score (nSPS) is 13.9. The van der Waals surface area contributed by atoms with Crippen LogP contribution in [0, 0.1) is 5.82 Å². The fraction of sp³-hybridized carbons (Fsp3) is 0.240. The second-order valence-electron chi connectivity index (χ2n) is 8.20. The fourth-order valence-corrected chi connectivity index (χ4v) is 4.09. The number of benzene rings is 2. The van der Waals surface area contributed by atoms with Gasteiger partial charge in [-0.2, -0.15) is 0 Å². The molecule has 180 valence electrons. The van der Waals surface area contributed by atoms with Gasteiger partial charge < -0.3 is 29.2 Å². The Morgan fingerprint density at radius 1 is 1.06 bits per heavy atom. The summed E-state index contributed by atoms with van der Waals surface area (Å²) in [4.78, 5) is 28.5. The number of amides is 2. The Morgan fingerprint density at radius 2 is 1.86 bits per heavy atom. The van der Waals surface area contributed by atoms with Gasteiger partial charge in [0.25, 0.3) is 5.91 Å². The number of hydrogen-bond acceptors (Lipinski definition) is 7. The maximum atomic E-state index is 14.8. The number of piperazine rings is 1. The highest BCUT2D eigenvalue weighted by Crippen LogP contribution is 2.27. The molecule has 0 saturated carbocycles. The number of aliphatic hydroxyl groups excluding tert-OH is 1. The first-order chi connectivity index (χ1) is 17.0. The topological polar surface area (TPSA) is 112 Å². The molecule has 3 heterocycles. The lowest BCUT2D eigenvalue weighted by Gasteiger charge is -2.36. The largest absolute Gasteiger partial charge is 0.451 e. The number of carbonyl (C=O) groups excluding carboxylic acids is 2. The Kier molecular flexibility index (Phi) is 6.19. The monoisotopic (exact) mass is 478 g/mol. The van der Waals surface area contributed by atoms with E-state index in [2.05, 4.69) is 10.5 Å². The number of nitrogens with one attached hydrogen (secondary N) is 1. The van der Waals surface area contributed by atoms with E-state index in [4.69, 9.17) is 14.0 Å². The molecule has 0 atom stereocenters. The number of nitrogens with zero attached hydrogens (tertiary/aromatic N) is 3. The quantitative estimate of drug-likeness (QED) is 0.438. The van der Waals surface area contributed by atoms with Crippen LogP contribution in [0.25, 0.3) is 22.2 Å². The predicted octanol–water partition coefficient (Wildman–Crippen LogP) is 2.80. The predicted molar refractivity (Wildman–Crippen MR) is 125 cm³/mol. The van der Waals surface area contributed by atoms with Crippen LogP contribution < -0.4 is 10.2 Å². The number of hydrogen-bond donors (Lipinski definition) is 2. The molecule has 9 nitrogen and oxygen atoms in total. The van der Waals surface area contributed by atoms with Crippen molar-refractivity contribution in [3.63, 3.8) is 0 Å². The summed E-state index contributed by atoms with van der Waals surface area (Å²) < 4.78 is 25.3. The second-order valence-corrected chi connectivity index (χ2v) is 8.20. The molecule has 1 saturated heterocycles. The highest BCUT2D eigenvalue weighted by Gasteiger charge is 2.24. The van der Waals surface area contributed by atoms with Gasteiger partial charge in [0.2, 0.25) is 5.91 Å². The number of aliphatic hydroxyl groups is 1. The van der Waals surface area contributed by atoms with Gasteiger partial charge in [0.05, 0.1) is 12.2 Å². The summed E-state index contributed by atoms with van der Waals surface area (Å²) in [6, 6.07) is 15.3. The van der Waals surface area contributed by atoms with Crippen molar-refractivity contribution in [2.75, 3.05) is 37.6 Å². The van der Waals surface area contributed by atoms with E-state index < -0.39 is 11.7 Å². The number of fused-ring (bicyclic) bond motifs is 1. The van der Waals surface area contributed by atoms with E-state index in [-0.39, 0.29) is 24.8 Å². The van der Waals surface area contributed by atoms with Crippen LogP contribution in [0.3, 0.4) is 0 Å². The van der Waals surface area contributed by atoms with Crippen LogP contribution in [0.4, 0.5) is 10.1 Å². The van der Waals surface area contributed by atoms with Crippen LogP contribution >= 0.6 is 0 Å². The second kappa shape index (κ2) is 9.59. The lowest BCUT2D eigenvalue weighted by molar-refractivity contribution is -0.130. The van der Waals surface area contributed by atoms with E-state index in [1.165, 1.54) is 6.07 Å². The van der Waals surface area contributed by atoms with Crippen molar-refractivity contribution < 1.29 is 28.0 Å². The SMILES string of the molecule is O=C(NCC(=O)N1CCN(c2ccc(-c3cc(CO)on3)cc2F)CC1)c1cc2ccccc2o1. The molecular weight excluding hydrogens is 455 g/mol. The molecule has 4 aromatic rings. The number of carbonyl (C=O) groups is 2. The zero-order valence-corrected chi connectivity index (χ0v) is 18.7. The van der Waals surface area contributed by atoms with E-state index in [0.29, 0.717) is 54.5 Å². The van der Waals surface area contributed by atoms with Crippen molar-refractivity contribution in [1.29, 1.82) is 0 Å². The molecule has 10 heteroatoms. The highest BCUT2D eigenvalue weighted by atomic mass is 19.1. The van der Waals surface area contributed by atoms with E-state index in [1.807, 2.05) is 23.1 Å². The van der Waals surface area contributed by atoms with Crippen LogP contribution in [0.1, 0.15) is 16.3 Å². The molecule has 1 aliphatic rings. The van der Waals surface area contributed by atoms with Crippen LogP contribution in [0.2, 0.25) is 0 Å². The van der Waals surface area contributed by atoms with Gasteiger partial charge >= 0.3 is 0 Å². The molecule has 0 bridgehead atoms. The summed E-state index contributed by atoms with van der Waals surface area (Å²) in [6.07, 6.45) is 0. The van der Waals surface area contributed by atoms with Gasteiger partial charge in [0.1, 0.15) is 23.7 Å². The molecule has 2 amide bonds. The Labute approximate surface area is 199 Å². The molecule has 0 aliphatic carbocycles. The van der Waals surface area contributed by atoms with Gasteiger partial charge in [0.15, 0.2) is 11.5 Å². The molecule has 2 N–H and O–H groups in total. The Hall–Kier alpha value is -4.18. The lowest BCUT2D eigenvalue weighted by Crippen LogP contribution is -2.51. The van der Waals surface area contributed by atoms with Gasteiger partial charge in [-0.15, -0.1) is 0 Å². The van der Waals surface area contributed by atoms with E-state index in [0.717, 1.165) is 5.39 Å². The van der Waals surface area contributed by atoms with Crippen molar-refractivity contribution in [2.45, 2.75) is 6.61 Å². The van der Waals surface area contributed by atoms with Crippen molar-refractivity contribution in [3.05, 3.63) is 71.9 Å². The molecule has 0 radical (unpaired) electrons. The Bertz CT molecular complexity index is 1340. The average Bonchev–Trinajstić information content (AvgIpc) is 3.54. The maximum absolute atomic E-state index is 14.8. The number of rotatable bonds is 6. The van der Waals surface area contributed by atoms with Crippen molar-refractivity contribution in [2.24, 2.45) is 0 Å². The van der Waals surface area contributed by atoms with Gasteiger partial charge in [-0.1, -0.05) is 29.4 Å². The van der Waals surface area contributed by atoms with Crippen LogP contribution in [0.15, 0.2) is 63.5 Å². The first-order valence-electron chi connectivity index (χ1n) is 11.2. The van der Waals surface area contributed by atoms with Gasteiger partial charge in [-0.3, -0.25) is 9.59 Å². The highest BCUT2D eigenvalue weighted by molar-refractivity contribution is 5.97. The third-order valence-corrected chi connectivity index (χ3v) is 5.98. The summed E-state index contributed by atoms with van der Waals surface area (Å²) in [6.45, 7) is 1.30. The lowest BCUT2D eigenvalue weighted by atomic mass is 10.1. The van der Waals surface area contributed by atoms with Crippen molar-refractivity contribution in [1.82, 2.24) is 15.4 Å². The maximum Gasteiger partial charge on any atom is 0.287 e. The zero-order valence-electron chi connectivity index (χ0n) is 18.7. The zero-order chi connectivity index (χ0) is 24.4. The number of aromatic nitrogens is 1. The van der Waals surface area contributed by atoms with E-state index >= 15 is 0 Å². The van der Waals surface area contributed by atoms with Crippen LogP contribution in [-0.4, -0.2) is 59.7 Å². The summed E-state index contributed by atoms with van der Waals surface area (Å²) in [5.41, 5.74) is 2.03. The van der Waals surface area contributed by atoms with Crippen LogP contribution in [-0.2, 0) is 11.4 Å². The molecule has 1 fully saturated rings. The molecule has 1 aliphatic heterocycles. The van der Waals surface area contributed by atoms with E-state index in [9.17, 15) is 14.0 Å². The summed E-state index contributed by atoms with van der Waals surface area (Å²) in [5, 5.41) is 16.4. The van der Waals surface area contributed by atoms with Crippen molar-refractivity contribution >= 4 is 28.5 Å². The molecule has 35 heavy (non-hydrogen) atoms. The third-order valence-electron chi connectivity index (χ3n) is 5.98. The Morgan fingerprint density at radius 3 is 2.57 bits per heavy atom. The first kappa shape index (κ1) is 22.6. The number of anilines is 1. The average molecular weight is 478 g/mol. The summed E-state index contributed by atoms with van der Waals surface area (Å²) >= 11 is 0. The Balaban J connectivity index is 1.14. The summed E-state index contributed by atoms with van der Waals surface area (Å²) in [5.74, 6) is -0.613. The molecule has 2 aromatic carbocycles. The van der Waals surface area contributed by atoms with Crippen molar-refractivity contribution in [3.8, 4) is 11.3 Å². The smallest absolute Gasteiger partial charge is 0.287 e. The molecular formula is C25H23FN4O5. The molecule has 0 unspecified atom stereocenters. The van der Waals surface area contributed by atoms with E-state index in [1.54, 1.807) is 35.2 Å².